The molecule has 0 spiro atoms. The molecule has 1 aliphatic heterocycles. The number of aliphatic carboxylic acids is 1. The van der Waals surface area contributed by atoms with Gasteiger partial charge in [-0.2, -0.15) is 0 Å². The van der Waals surface area contributed by atoms with E-state index in [1.165, 1.54) is 0 Å². The van der Waals surface area contributed by atoms with Crippen molar-refractivity contribution < 1.29 is 14.7 Å². The number of carbonyl (C=O) groups excluding carboxylic acids is 1. The van der Waals surface area contributed by atoms with Crippen LogP contribution < -0.4 is 0 Å². The SMILES string of the molecule is Cc1ccc(C=C(CC(=O)N2CC3CC=CCC3C2)C(=O)O)cc1. The van der Waals surface area contributed by atoms with E-state index in [9.17, 15) is 14.7 Å². The minimum atomic E-state index is -1.03. The molecule has 1 fully saturated rings. The van der Waals surface area contributed by atoms with Crippen molar-refractivity contribution >= 4 is 18.0 Å². The molecule has 0 aromatic heterocycles. The Bertz CT molecular complexity index is 671. The van der Waals surface area contributed by atoms with Gasteiger partial charge < -0.3 is 10.0 Å². The van der Waals surface area contributed by atoms with Crippen molar-refractivity contribution in [2.45, 2.75) is 26.2 Å². The number of benzene rings is 1. The first kappa shape index (κ1) is 16.5. The molecule has 1 N–H and O–H groups in total. The lowest BCUT2D eigenvalue weighted by Crippen LogP contribution is -2.29. The van der Waals surface area contributed by atoms with Crippen LogP contribution in [-0.2, 0) is 9.59 Å². The third-order valence-electron chi connectivity index (χ3n) is 5.01. The first-order chi connectivity index (χ1) is 11.5. The van der Waals surface area contributed by atoms with Gasteiger partial charge >= 0.3 is 5.97 Å². The lowest BCUT2D eigenvalue weighted by Gasteiger charge is -2.17. The monoisotopic (exact) mass is 325 g/mol. The highest BCUT2D eigenvalue weighted by atomic mass is 16.4. The van der Waals surface area contributed by atoms with Gasteiger partial charge in [0.15, 0.2) is 0 Å². The predicted molar refractivity (Wildman–Crippen MR) is 93.3 cm³/mol. The van der Waals surface area contributed by atoms with Crippen LogP contribution in [0.4, 0.5) is 0 Å². The van der Waals surface area contributed by atoms with E-state index in [2.05, 4.69) is 12.2 Å². The van der Waals surface area contributed by atoms with Crippen molar-refractivity contribution in [1.82, 2.24) is 4.90 Å². The molecule has 126 valence electrons. The second kappa shape index (κ2) is 7.04. The third-order valence-corrected chi connectivity index (χ3v) is 5.01. The first-order valence-corrected chi connectivity index (χ1v) is 8.46. The number of carboxylic acid groups (broad SMARTS) is 1. The van der Waals surface area contributed by atoms with Gasteiger partial charge in [-0.1, -0.05) is 42.0 Å². The zero-order valence-electron chi connectivity index (χ0n) is 13.9. The van der Waals surface area contributed by atoms with Crippen molar-refractivity contribution in [3.8, 4) is 0 Å². The molecule has 3 rings (SSSR count). The molecule has 1 heterocycles. The number of allylic oxidation sites excluding steroid dienone is 2. The van der Waals surface area contributed by atoms with Crippen LogP contribution in [0.5, 0.6) is 0 Å². The van der Waals surface area contributed by atoms with Crippen molar-refractivity contribution in [2.75, 3.05) is 13.1 Å². The summed E-state index contributed by atoms with van der Waals surface area (Å²) in [4.78, 5) is 25.9. The Labute approximate surface area is 142 Å². The second-order valence-electron chi connectivity index (χ2n) is 6.82. The number of carboxylic acids is 1. The first-order valence-electron chi connectivity index (χ1n) is 8.46. The van der Waals surface area contributed by atoms with Crippen LogP contribution in [0.1, 0.15) is 30.4 Å². The number of aryl methyl sites for hydroxylation is 1. The van der Waals surface area contributed by atoms with E-state index in [4.69, 9.17) is 0 Å². The molecule has 2 unspecified atom stereocenters. The van der Waals surface area contributed by atoms with Crippen molar-refractivity contribution in [1.29, 1.82) is 0 Å². The number of likely N-dealkylation sites (tertiary alicyclic amines) is 1. The summed E-state index contributed by atoms with van der Waals surface area (Å²) >= 11 is 0. The van der Waals surface area contributed by atoms with Gasteiger partial charge in [0, 0.05) is 18.7 Å². The van der Waals surface area contributed by atoms with E-state index in [0.717, 1.165) is 37.1 Å². The Morgan fingerprint density at radius 1 is 1.12 bits per heavy atom. The fourth-order valence-corrected chi connectivity index (χ4v) is 3.55. The molecule has 2 aliphatic rings. The van der Waals surface area contributed by atoms with Gasteiger partial charge in [0.2, 0.25) is 5.91 Å². The number of nitrogens with zero attached hydrogens (tertiary/aromatic N) is 1. The highest BCUT2D eigenvalue weighted by molar-refractivity contribution is 5.98. The van der Waals surface area contributed by atoms with Crippen LogP contribution in [0.3, 0.4) is 0 Å². The van der Waals surface area contributed by atoms with Gasteiger partial charge in [-0.05, 0) is 43.2 Å². The molecule has 24 heavy (non-hydrogen) atoms. The Kier molecular flexibility index (Phi) is 4.84. The molecule has 0 radical (unpaired) electrons. The minimum Gasteiger partial charge on any atom is -0.478 e. The van der Waals surface area contributed by atoms with Gasteiger partial charge in [0.25, 0.3) is 0 Å². The van der Waals surface area contributed by atoms with Gasteiger partial charge in [-0.3, -0.25) is 4.79 Å². The standard InChI is InChI=1S/C20H23NO3/c1-14-6-8-15(9-7-14)10-18(20(23)24)11-19(22)21-12-16-4-2-3-5-17(16)13-21/h2-3,6-10,16-17H,4-5,11-13H2,1H3,(H,23,24). The lowest BCUT2D eigenvalue weighted by molar-refractivity contribution is -0.136. The summed E-state index contributed by atoms with van der Waals surface area (Å²) in [6.07, 6.45) is 7.99. The van der Waals surface area contributed by atoms with Crippen molar-refractivity contribution in [3.05, 3.63) is 53.1 Å². The largest absolute Gasteiger partial charge is 0.478 e. The van der Waals surface area contributed by atoms with Crippen LogP contribution in [-0.4, -0.2) is 35.0 Å². The zero-order valence-corrected chi connectivity index (χ0v) is 13.9. The van der Waals surface area contributed by atoms with Gasteiger partial charge in [0.1, 0.15) is 0 Å². The van der Waals surface area contributed by atoms with Crippen molar-refractivity contribution in [3.63, 3.8) is 0 Å². The summed E-state index contributed by atoms with van der Waals surface area (Å²) < 4.78 is 0. The topological polar surface area (TPSA) is 57.6 Å². The molecule has 4 nitrogen and oxygen atoms in total. The maximum Gasteiger partial charge on any atom is 0.332 e. The number of carbonyl (C=O) groups is 2. The number of fused-ring (bicyclic) bond motifs is 1. The smallest absolute Gasteiger partial charge is 0.332 e. The molecule has 1 aliphatic carbocycles. The Balaban J connectivity index is 1.68. The normalized spacial score (nSPS) is 23.2. The fourth-order valence-electron chi connectivity index (χ4n) is 3.55. The number of rotatable bonds is 4. The molecule has 1 amide bonds. The highest BCUT2D eigenvalue weighted by Gasteiger charge is 2.35. The highest BCUT2D eigenvalue weighted by Crippen LogP contribution is 2.33. The van der Waals surface area contributed by atoms with Gasteiger partial charge in [0.05, 0.1) is 6.42 Å². The Hall–Kier alpha value is -2.36. The maximum atomic E-state index is 12.5. The van der Waals surface area contributed by atoms with E-state index in [1.807, 2.05) is 36.1 Å². The summed E-state index contributed by atoms with van der Waals surface area (Å²) in [5, 5.41) is 9.44. The molecule has 1 aromatic rings. The predicted octanol–water partition coefficient (Wildman–Crippen LogP) is 3.28. The zero-order chi connectivity index (χ0) is 17.1. The summed E-state index contributed by atoms with van der Waals surface area (Å²) in [5.74, 6) is -0.0334. The molecule has 1 aromatic carbocycles. The average Bonchev–Trinajstić information content (AvgIpc) is 3.00. The summed E-state index contributed by atoms with van der Waals surface area (Å²) in [5.41, 5.74) is 2.08. The molecule has 4 heteroatoms. The van der Waals surface area contributed by atoms with E-state index in [0.29, 0.717) is 11.8 Å². The minimum absolute atomic E-state index is 0.0456. The molecular weight excluding hydrogens is 302 g/mol. The molecule has 0 bridgehead atoms. The quantitative estimate of drug-likeness (QED) is 0.683. The maximum absolute atomic E-state index is 12.5. The lowest BCUT2D eigenvalue weighted by atomic mass is 9.86. The Morgan fingerprint density at radius 2 is 1.71 bits per heavy atom. The number of amides is 1. The molecule has 1 saturated heterocycles. The van der Waals surface area contributed by atoms with Crippen LogP contribution in [0.2, 0.25) is 0 Å². The summed E-state index contributed by atoms with van der Waals surface area (Å²) in [7, 11) is 0. The molecule has 0 saturated carbocycles. The van der Waals surface area contributed by atoms with Crippen LogP contribution in [0, 0.1) is 18.8 Å². The van der Waals surface area contributed by atoms with Gasteiger partial charge in [-0.15, -0.1) is 0 Å². The summed E-state index contributed by atoms with van der Waals surface area (Å²) in [6.45, 7) is 3.49. The van der Waals surface area contributed by atoms with Crippen molar-refractivity contribution in [2.24, 2.45) is 11.8 Å². The van der Waals surface area contributed by atoms with Crippen LogP contribution in [0.15, 0.2) is 42.0 Å². The number of hydrogen-bond donors (Lipinski definition) is 1. The van der Waals surface area contributed by atoms with Gasteiger partial charge in [-0.25, -0.2) is 4.79 Å². The van der Waals surface area contributed by atoms with Crippen LogP contribution >= 0.6 is 0 Å². The average molecular weight is 325 g/mol. The number of hydrogen-bond acceptors (Lipinski definition) is 2. The van der Waals surface area contributed by atoms with E-state index >= 15 is 0 Å². The Morgan fingerprint density at radius 3 is 2.25 bits per heavy atom. The third kappa shape index (κ3) is 3.75. The second-order valence-corrected chi connectivity index (χ2v) is 6.82. The van der Waals surface area contributed by atoms with E-state index in [1.54, 1.807) is 6.08 Å². The summed E-state index contributed by atoms with van der Waals surface area (Å²) in [6, 6.07) is 7.62. The molecule has 2 atom stereocenters. The molecular formula is C20H23NO3. The van der Waals surface area contributed by atoms with E-state index in [-0.39, 0.29) is 17.9 Å². The van der Waals surface area contributed by atoms with E-state index < -0.39 is 5.97 Å². The fraction of sp³-hybridized carbons (Fsp3) is 0.400. The van der Waals surface area contributed by atoms with Crippen LogP contribution in [0.25, 0.3) is 6.08 Å².